The quantitative estimate of drug-likeness (QED) is 0.191. The fourth-order valence-corrected chi connectivity index (χ4v) is 9.18. The number of hydrogen-bond acceptors (Lipinski definition) is 1. The number of Topliss-reactive ketones (excluding diaryl/α,β-unsaturated/α-hetero) is 1. The molecule has 0 saturated heterocycles. The second-order valence-electron chi connectivity index (χ2n) is 14.5. The van der Waals surface area contributed by atoms with Gasteiger partial charge >= 0.3 is 0 Å². The fraction of sp³-hybridized carbons (Fsp3) is 0.0600. The highest BCUT2D eigenvalue weighted by Crippen LogP contribution is 2.52. The third kappa shape index (κ3) is 4.37. The molecule has 0 saturated carbocycles. The molecule has 2 heterocycles. The number of aromatic amines is 2. The van der Waals surface area contributed by atoms with Crippen LogP contribution in [0.5, 0.6) is 0 Å². The van der Waals surface area contributed by atoms with Gasteiger partial charge in [-0.1, -0.05) is 121 Å². The number of carbonyl (C=O) groups excluding carboxylic acids is 1. The number of nitrogens with one attached hydrogen (secondary N) is 2. The van der Waals surface area contributed by atoms with Crippen molar-refractivity contribution in [3.8, 4) is 33.4 Å². The molecule has 0 fully saturated rings. The number of fused-ring (bicyclic) bond motifs is 9. The number of aromatic nitrogens is 2. The molecule has 0 aliphatic heterocycles. The number of ketones is 1. The molecule has 0 amide bonds. The lowest BCUT2D eigenvalue weighted by molar-refractivity contribution is 0.0933. The first-order valence-corrected chi connectivity index (χ1v) is 18.4. The Hall–Kier alpha value is -6.71. The van der Waals surface area contributed by atoms with E-state index in [9.17, 15) is 0 Å². The molecule has 0 radical (unpaired) electrons. The van der Waals surface area contributed by atoms with Crippen LogP contribution in [0.2, 0.25) is 0 Å². The van der Waals surface area contributed by atoms with Gasteiger partial charge in [0.05, 0.1) is 0 Å². The van der Waals surface area contributed by atoms with Gasteiger partial charge in [0.15, 0.2) is 5.78 Å². The van der Waals surface area contributed by atoms with Crippen molar-refractivity contribution >= 4 is 44.6 Å². The number of para-hydroxylation sites is 1. The molecule has 53 heavy (non-hydrogen) atoms. The SMILES string of the molecule is O=C1c2ccc(-c3ccc4[nH]c5c(c4c3)CCC=C5)cc2-c2cc(-c3ccc4[nH]c5ccccc5c4c3)ccc2C1(c1ccccc1)c1ccccc1. The molecule has 3 nitrogen and oxygen atoms in total. The number of aryl methyl sites for hydroxylation is 1. The first-order valence-electron chi connectivity index (χ1n) is 18.4. The Bertz CT molecular complexity index is 2920. The summed E-state index contributed by atoms with van der Waals surface area (Å²) >= 11 is 0. The Kier molecular flexibility index (Phi) is 6.44. The van der Waals surface area contributed by atoms with Crippen LogP contribution in [0.15, 0.2) is 164 Å². The predicted octanol–water partition coefficient (Wildman–Crippen LogP) is 12.3. The Morgan fingerprint density at radius 2 is 1.06 bits per heavy atom. The molecule has 2 aliphatic carbocycles. The van der Waals surface area contributed by atoms with Crippen molar-refractivity contribution in [1.29, 1.82) is 0 Å². The number of carbonyl (C=O) groups is 1. The lowest BCUT2D eigenvalue weighted by atomic mass is 9.60. The number of benzene rings is 7. The maximum absolute atomic E-state index is 15.4. The normalized spacial score (nSPS) is 14.4. The Morgan fingerprint density at radius 3 is 1.81 bits per heavy atom. The highest BCUT2D eigenvalue weighted by Gasteiger charge is 2.49. The molecule has 9 aromatic rings. The third-order valence-electron chi connectivity index (χ3n) is 11.7. The van der Waals surface area contributed by atoms with Crippen molar-refractivity contribution in [2.24, 2.45) is 0 Å². The van der Waals surface area contributed by atoms with Gasteiger partial charge < -0.3 is 9.97 Å². The van der Waals surface area contributed by atoms with Gasteiger partial charge in [-0.05, 0) is 117 Å². The van der Waals surface area contributed by atoms with Crippen molar-refractivity contribution in [2.75, 3.05) is 0 Å². The second kappa shape index (κ2) is 11.4. The van der Waals surface area contributed by atoms with Gasteiger partial charge in [-0.3, -0.25) is 4.79 Å². The highest BCUT2D eigenvalue weighted by molar-refractivity contribution is 6.17. The number of rotatable bonds is 4. The van der Waals surface area contributed by atoms with Gasteiger partial charge in [-0.2, -0.15) is 0 Å². The number of H-pyrrole nitrogens is 2. The molecular formula is C50H34N2O. The molecule has 0 atom stereocenters. The lowest BCUT2D eigenvalue weighted by Gasteiger charge is -2.40. The summed E-state index contributed by atoms with van der Waals surface area (Å²) in [7, 11) is 0. The average molecular weight is 679 g/mol. The van der Waals surface area contributed by atoms with Crippen molar-refractivity contribution in [1.82, 2.24) is 9.97 Å². The molecule has 0 bridgehead atoms. The lowest BCUT2D eigenvalue weighted by Crippen LogP contribution is -2.41. The van der Waals surface area contributed by atoms with Crippen LogP contribution in [0.25, 0.3) is 72.2 Å². The topological polar surface area (TPSA) is 48.6 Å². The van der Waals surface area contributed by atoms with Gasteiger partial charge in [-0.15, -0.1) is 0 Å². The summed E-state index contributed by atoms with van der Waals surface area (Å²) in [4.78, 5) is 22.6. The Morgan fingerprint density at radius 1 is 0.472 bits per heavy atom. The summed E-state index contributed by atoms with van der Waals surface area (Å²) in [5, 5.41) is 3.69. The molecule has 2 aliphatic rings. The van der Waals surface area contributed by atoms with E-state index in [0.717, 1.165) is 85.0 Å². The van der Waals surface area contributed by atoms with E-state index in [2.05, 4.69) is 143 Å². The molecule has 0 spiro atoms. The maximum Gasteiger partial charge on any atom is 0.182 e. The van der Waals surface area contributed by atoms with Crippen LogP contribution >= 0.6 is 0 Å². The molecule has 7 aromatic carbocycles. The summed E-state index contributed by atoms with van der Waals surface area (Å²) in [6, 6.07) is 55.7. The van der Waals surface area contributed by atoms with Gasteiger partial charge in [0.25, 0.3) is 0 Å². The largest absolute Gasteiger partial charge is 0.355 e. The van der Waals surface area contributed by atoms with Crippen molar-refractivity contribution < 1.29 is 4.79 Å². The predicted molar refractivity (Wildman–Crippen MR) is 218 cm³/mol. The van der Waals surface area contributed by atoms with Crippen LogP contribution in [0, 0.1) is 0 Å². The zero-order valence-electron chi connectivity index (χ0n) is 29.0. The van der Waals surface area contributed by atoms with E-state index in [1.807, 2.05) is 36.4 Å². The first-order chi connectivity index (χ1) is 26.2. The molecule has 0 unspecified atom stereocenters. The molecule has 250 valence electrons. The number of hydrogen-bond donors (Lipinski definition) is 2. The smallest absolute Gasteiger partial charge is 0.182 e. The summed E-state index contributed by atoms with van der Waals surface area (Å²) in [6.07, 6.45) is 6.55. The van der Waals surface area contributed by atoms with Crippen LogP contribution in [0.1, 0.15) is 44.7 Å². The van der Waals surface area contributed by atoms with E-state index >= 15 is 4.79 Å². The maximum atomic E-state index is 15.4. The van der Waals surface area contributed by atoms with Crippen molar-refractivity contribution in [3.63, 3.8) is 0 Å². The Labute approximate surface area is 307 Å². The minimum absolute atomic E-state index is 0.0962. The standard InChI is InChI=1S/C50H34N2O/c53-49-39-23-19-31(33-21-25-47-42(29-33)37-15-7-9-17-45(37)51-47)27-40(39)41-28-32(34-22-26-48-43(30-34)38-16-8-10-18-46(38)52-48)20-24-44(41)50(49,35-11-3-1-4-12-35)36-13-5-2-6-14-36/h1-6,8-14,16-30,51-52H,7,15H2. The molecule has 3 heteroatoms. The van der Waals surface area contributed by atoms with Gasteiger partial charge in [0.1, 0.15) is 5.41 Å². The monoisotopic (exact) mass is 678 g/mol. The third-order valence-corrected chi connectivity index (χ3v) is 11.7. The minimum atomic E-state index is -1.01. The minimum Gasteiger partial charge on any atom is -0.355 e. The summed E-state index contributed by atoms with van der Waals surface area (Å²) in [6.45, 7) is 0. The van der Waals surface area contributed by atoms with Crippen molar-refractivity contribution in [2.45, 2.75) is 18.3 Å². The van der Waals surface area contributed by atoms with Gasteiger partial charge in [0.2, 0.25) is 0 Å². The summed E-state index contributed by atoms with van der Waals surface area (Å²) in [5.41, 5.74) is 15.2. The van der Waals surface area contributed by atoms with Crippen LogP contribution in [0.3, 0.4) is 0 Å². The zero-order valence-corrected chi connectivity index (χ0v) is 29.0. The van der Waals surface area contributed by atoms with Crippen LogP contribution < -0.4 is 0 Å². The van der Waals surface area contributed by atoms with E-state index in [4.69, 9.17) is 0 Å². The van der Waals surface area contributed by atoms with E-state index in [-0.39, 0.29) is 5.78 Å². The molecule has 2 aromatic heterocycles. The second-order valence-corrected chi connectivity index (χ2v) is 14.5. The summed E-state index contributed by atoms with van der Waals surface area (Å²) in [5.74, 6) is 0.0962. The van der Waals surface area contributed by atoms with E-state index in [1.165, 1.54) is 27.4 Å². The van der Waals surface area contributed by atoms with E-state index in [0.29, 0.717) is 0 Å². The fourth-order valence-electron chi connectivity index (χ4n) is 9.18. The Balaban J connectivity index is 1.16. The van der Waals surface area contributed by atoms with Gasteiger partial charge in [-0.25, -0.2) is 0 Å². The average Bonchev–Trinajstić information content (AvgIpc) is 3.79. The molecule has 2 N–H and O–H groups in total. The molecule has 11 rings (SSSR count). The highest BCUT2D eigenvalue weighted by atomic mass is 16.1. The van der Waals surface area contributed by atoms with Crippen LogP contribution in [-0.4, -0.2) is 15.8 Å². The zero-order chi connectivity index (χ0) is 35.1. The van der Waals surface area contributed by atoms with Crippen LogP contribution in [0.4, 0.5) is 0 Å². The van der Waals surface area contributed by atoms with E-state index < -0.39 is 5.41 Å². The van der Waals surface area contributed by atoms with E-state index in [1.54, 1.807) is 0 Å². The van der Waals surface area contributed by atoms with Crippen molar-refractivity contribution in [3.05, 3.63) is 197 Å². The van der Waals surface area contributed by atoms with Gasteiger partial charge in [0, 0.05) is 44.0 Å². The molecular weight excluding hydrogens is 645 g/mol. The summed E-state index contributed by atoms with van der Waals surface area (Å²) < 4.78 is 0. The first kappa shape index (κ1) is 30.0. The van der Waals surface area contributed by atoms with Crippen LogP contribution in [-0.2, 0) is 11.8 Å². The number of allylic oxidation sites excluding steroid dienone is 1.